The van der Waals surface area contributed by atoms with Gasteiger partial charge in [-0.3, -0.25) is 4.68 Å². The van der Waals surface area contributed by atoms with Gasteiger partial charge in [-0.05, 0) is 31.1 Å². The molecule has 0 aliphatic heterocycles. The van der Waals surface area contributed by atoms with Crippen molar-refractivity contribution in [2.24, 2.45) is 18.4 Å². The average molecular weight is 293 g/mol. The summed E-state index contributed by atoms with van der Waals surface area (Å²) in [4.78, 5) is 0. The zero-order valence-corrected chi connectivity index (χ0v) is 14.2. The number of hydrogen-bond donors (Lipinski definition) is 2. The molecule has 3 unspecified atom stereocenters. The third-order valence-electron chi connectivity index (χ3n) is 4.91. The van der Waals surface area contributed by atoms with E-state index in [0.717, 1.165) is 5.56 Å². The molecule has 4 heteroatoms. The van der Waals surface area contributed by atoms with Crippen molar-refractivity contribution in [3.05, 3.63) is 18.0 Å². The van der Waals surface area contributed by atoms with Crippen molar-refractivity contribution in [1.82, 2.24) is 15.1 Å². The molecule has 0 amide bonds. The van der Waals surface area contributed by atoms with Crippen molar-refractivity contribution >= 4 is 0 Å². The van der Waals surface area contributed by atoms with E-state index in [1.807, 2.05) is 20.2 Å². The van der Waals surface area contributed by atoms with Gasteiger partial charge in [0.1, 0.15) is 5.60 Å². The first-order chi connectivity index (χ1) is 9.70. The second-order valence-corrected chi connectivity index (χ2v) is 7.92. The van der Waals surface area contributed by atoms with E-state index in [4.69, 9.17) is 0 Å². The lowest BCUT2D eigenvalue weighted by atomic mass is 9.69. The normalized spacial score (nSPS) is 26.6. The van der Waals surface area contributed by atoms with E-state index in [9.17, 15) is 5.11 Å². The Kier molecular flexibility index (Phi) is 4.79. The molecule has 0 radical (unpaired) electrons. The third kappa shape index (κ3) is 4.07. The summed E-state index contributed by atoms with van der Waals surface area (Å²) in [5.74, 6) is 0.677. The lowest BCUT2D eigenvalue weighted by Gasteiger charge is -2.42. The molecule has 1 aliphatic carbocycles. The van der Waals surface area contributed by atoms with Gasteiger partial charge in [0.15, 0.2) is 0 Å². The molecule has 1 aliphatic rings. The smallest absolute Gasteiger partial charge is 0.102 e. The van der Waals surface area contributed by atoms with Crippen LogP contribution in [-0.2, 0) is 12.6 Å². The molecule has 1 aromatic heterocycles. The Labute approximate surface area is 128 Å². The van der Waals surface area contributed by atoms with Crippen LogP contribution in [-0.4, -0.2) is 27.5 Å². The van der Waals surface area contributed by atoms with Gasteiger partial charge in [0.2, 0.25) is 0 Å². The Balaban J connectivity index is 2.00. The largest absolute Gasteiger partial charge is 0.384 e. The SMILES string of the molecule is Cn1cc(C(C)(O)CNC2CCCCC2C(C)(C)C)cn1. The van der Waals surface area contributed by atoms with Crippen LogP contribution in [0.5, 0.6) is 0 Å². The zero-order valence-electron chi connectivity index (χ0n) is 14.2. The molecule has 1 heterocycles. The molecule has 2 N–H and O–H groups in total. The number of aromatic nitrogens is 2. The number of rotatable bonds is 4. The van der Waals surface area contributed by atoms with Gasteiger partial charge in [0.05, 0.1) is 6.20 Å². The van der Waals surface area contributed by atoms with E-state index in [1.54, 1.807) is 10.9 Å². The van der Waals surface area contributed by atoms with Crippen molar-refractivity contribution in [3.63, 3.8) is 0 Å². The molecule has 120 valence electrons. The predicted octanol–water partition coefficient (Wildman–Crippen LogP) is 2.82. The third-order valence-corrected chi connectivity index (χ3v) is 4.91. The highest BCUT2D eigenvalue weighted by atomic mass is 16.3. The van der Waals surface area contributed by atoms with Crippen molar-refractivity contribution in [1.29, 1.82) is 0 Å². The van der Waals surface area contributed by atoms with Crippen LogP contribution in [0.15, 0.2) is 12.4 Å². The van der Waals surface area contributed by atoms with Crippen LogP contribution in [0.2, 0.25) is 0 Å². The molecule has 1 fully saturated rings. The van der Waals surface area contributed by atoms with Gasteiger partial charge in [0, 0.05) is 31.4 Å². The highest BCUT2D eigenvalue weighted by Gasteiger charge is 2.35. The minimum Gasteiger partial charge on any atom is -0.384 e. The number of aliphatic hydroxyl groups is 1. The maximum absolute atomic E-state index is 10.7. The summed E-state index contributed by atoms with van der Waals surface area (Å²) >= 11 is 0. The fourth-order valence-electron chi connectivity index (χ4n) is 3.54. The van der Waals surface area contributed by atoms with E-state index in [-0.39, 0.29) is 0 Å². The number of aryl methyl sites for hydroxylation is 1. The summed E-state index contributed by atoms with van der Waals surface area (Å²) < 4.78 is 1.74. The van der Waals surface area contributed by atoms with E-state index >= 15 is 0 Å². The summed E-state index contributed by atoms with van der Waals surface area (Å²) in [6, 6.07) is 0.502. The van der Waals surface area contributed by atoms with Gasteiger partial charge in [-0.2, -0.15) is 5.10 Å². The second kappa shape index (κ2) is 6.09. The molecule has 3 atom stereocenters. The van der Waals surface area contributed by atoms with E-state index in [0.29, 0.717) is 23.9 Å². The molecule has 1 aromatic rings. The van der Waals surface area contributed by atoms with Crippen molar-refractivity contribution < 1.29 is 5.11 Å². The van der Waals surface area contributed by atoms with Gasteiger partial charge >= 0.3 is 0 Å². The van der Waals surface area contributed by atoms with Crippen LogP contribution in [0.4, 0.5) is 0 Å². The monoisotopic (exact) mass is 293 g/mol. The quantitative estimate of drug-likeness (QED) is 0.897. The first-order valence-electron chi connectivity index (χ1n) is 8.15. The molecular weight excluding hydrogens is 262 g/mol. The Morgan fingerprint density at radius 2 is 1.95 bits per heavy atom. The summed E-state index contributed by atoms with van der Waals surface area (Å²) in [6.45, 7) is 9.44. The molecule has 0 bridgehead atoms. The minimum absolute atomic E-state index is 0.318. The summed E-state index contributed by atoms with van der Waals surface area (Å²) in [5.41, 5.74) is 0.326. The average Bonchev–Trinajstić information content (AvgIpc) is 2.83. The standard InChI is InChI=1S/C17H31N3O/c1-16(2,3)14-8-6-7-9-15(14)18-12-17(4,21)13-10-19-20(5)11-13/h10-11,14-15,18,21H,6-9,12H2,1-5H3. The van der Waals surface area contributed by atoms with Crippen LogP contribution in [0.1, 0.15) is 58.9 Å². The zero-order chi connectivity index (χ0) is 15.7. The first-order valence-corrected chi connectivity index (χ1v) is 8.15. The molecule has 0 saturated heterocycles. The van der Waals surface area contributed by atoms with Crippen LogP contribution in [0.3, 0.4) is 0 Å². The fraction of sp³-hybridized carbons (Fsp3) is 0.824. The highest BCUT2D eigenvalue weighted by Crippen LogP contribution is 2.38. The van der Waals surface area contributed by atoms with E-state index < -0.39 is 5.60 Å². The Morgan fingerprint density at radius 1 is 1.29 bits per heavy atom. The van der Waals surface area contributed by atoms with Gasteiger partial charge in [-0.1, -0.05) is 33.6 Å². The minimum atomic E-state index is -0.867. The highest BCUT2D eigenvalue weighted by molar-refractivity contribution is 5.14. The maximum Gasteiger partial charge on any atom is 0.102 e. The van der Waals surface area contributed by atoms with Crippen LogP contribution < -0.4 is 5.32 Å². The fourth-order valence-corrected chi connectivity index (χ4v) is 3.54. The van der Waals surface area contributed by atoms with E-state index in [1.165, 1.54) is 25.7 Å². The Bertz CT molecular complexity index is 459. The summed E-state index contributed by atoms with van der Waals surface area (Å²) in [6.07, 6.45) is 8.77. The van der Waals surface area contributed by atoms with Crippen molar-refractivity contribution in [3.8, 4) is 0 Å². The van der Waals surface area contributed by atoms with Gasteiger partial charge in [-0.15, -0.1) is 0 Å². The van der Waals surface area contributed by atoms with Gasteiger partial charge in [-0.25, -0.2) is 0 Å². The summed E-state index contributed by atoms with van der Waals surface area (Å²) in [5, 5.41) is 18.5. The number of hydrogen-bond acceptors (Lipinski definition) is 3. The van der Waals surface area contributed by atoms with Gasteiger partial charge < -0.3 is 10.4 Å². The maximum atomic E-state index is 10.7. The topological polar surface area (TPSA) is 50.1 Å². The van der Waals surface area contributed by atoms with Crippen LogP contribution >= 0.6 is 0 Å². The number of nitrogens with one attached hydrogen (secondary N) is 1. The van der Waals surface area contributed by atoms with Crippen molar-refractivity contribution in [2.75, 3.05) is 6.54 Å². The van der Waals surface area contributed by atoms with Crippen molar-refractivity contribution in [2.45, 2.75) is 65.0 Å². The lowest BCUT2D eigenvalue weighted by molar-refractivity contribution is 0.0406. The Hall–Kier alpha value is -0.870. The van der Waals surface area contributed by atoms with E-state index in [2.05, 4.69) is 31.2 Å². The first kappa shape index (κ1) is 16.5. The molecule has 0 aromatic carbocycles. The molecular formula is C17H31N3O. The van der Waals surface area contributed by atoms with Gasteiger partial charge in [0.25, 0.3) is 0 Å². The molecule has 21 heavy (non-hydrogen) atoms. The molecule has 2 rings (SSSR count). The van der Waals surface area contributed by atoms with Crippen LogP contribution in [0.25, 0.3) is 0 Å². The molecule has 0 spiro atoms. The molecule has 4 nitrogen and oxygen atoms in total. The second-order valence-electron chi connectivity index (χ2n) is 7.92. The summed E-state index contributed by atoms with van der Waals surface area (Å²) in [7, 11) is 1.88. The lowest BCUT2D eigenvalue weighted by Crippen LogP contribution is -2.48. The Morgan fingerprint density at radius 3 is 2.52 bits per heavy atom. The van der Waals surface area contributed by atoms with Crippen LogP contribution in [0, 0.1) is 11.3 Å². The number of nitrogens with zero attached hydrogens (tertiary/aromatic N) is 2. The molecule has 1 saturated carbocycles. The predicted molar refractivity (Wildman–Crippen MR) is 86.0 cm³/mol.